The predicted molar refractivity (Wildman–Crippen MR) is 61.4 cm³/mol. The number of hydrogen-bond acceptors (Lipinski definition) is 3. The highest BCUT2D eigenvalue weighted by molar-refractivity contribution is 5.34. The average Bonchev–Trinajstić information content (AvgIpc) is 3.14. The van der Waals surface area contributed by atoms with Crippen LogP contribution in [-0.4, -0.2) is 16.6 Å². The molecule has 1 aromatic heterocycles. The van der Waals surface area contributed by atoms with Crippen molar-refractivity contribution in [2.75, 3.05) is 0 Å². The van der Waals surface area contributed by atoms with E-state index in [0.717, 1.165) is 24.1 Å². The summed E-state index contributed by atoms with van der Waals surface area (Å²) in [5.41, 5.74) is 1.60. The third-order valence-electron chi connectivity index (χ3n) is 2.46. The van der Waals surface area contributed by atoms with Crippen molar-refractivity contribution in [3.63, 3.8) is 0 Å². The zero-order valence-electron chi connectivity index (χ0n) is 10.4. The topological polar surface area (TPSA) is 35.0 Å². The van der Waals surface area contributed by atoms with Crippen LogP contribution in [0.25, 0.3) is 0 Å². The summed E-state index contributed by atoms with van der Waals surface area (Å²) < 4.78 is 28.6. The van der Waals surface area contributed by atoms with Gasteiger partial charge in [-0.25, -0.2) is 9.97 Å². The molecule has 0 spiro atoms. The first kappa shape index (κ1) is 13.8. The Morgan fingerprint density at radius 2 is 2.00 bits per heavy atom. The summed E-state index contributed by atoms with van der Waals surface area (Å²) in [5.74, 6) is 0.451. The fourth-order valence-electron chi connectivity index (χ4n) is 1.64. The van der Waals surface area contributed by atoms with Gasteiger partial charge >= 0.3 is 6.61 Å². The molecule has 5 heteroatoms. The molecule has 0 aromatic carbocycles. The van der Waals surface area contributed by atoms with Gasteiger partial charge < -0.3 is 4.74 Å². The van der Waals surface area contributed by atoms with Crippen LogP contribution >= 0.6 is 0 Å². The summed E-state index contributed by atoms with van der Waals surface area (Å²) in [6.45, 7) is 3.07. The standard InChI is InChI=1S/C10H12F2N2O.C2H6/c1-2-7-8(6-3-4-6)13-5-14-9(7)15-10(11)12;1-2/h5-6,10H,2-4H2,1H3;1-2H3. The monoisotopic (exact) mass is 244 g/mol. The van der Waals surface area contributed by atoms with Crippen molar-refractivity contribution >= 4 is 0 Å². The van der Waals surface area contributed by atoms with Crippen LogP contribution in [0.1, 0.15) is 50.8 Å². The Kier molecular flexibility index (Phi) is 5.25. The summed E-state index contributed by atoms with van der Waals surface area (Å²) >= 11 is 0. The molecule has 0 saturated heterocycles. The summed E-state index contributed by atoms with van der Waals surface area (Å²) in [6, 6.07) is 0. The van der Waals surface area contributed by atoms with Gasteiger partial charge in [0.15, 0.2) is 0 Å². The third-order valence-corrected chi connectivity index (χ3v) is 2.46. The minimum atomic E-state index is -2.82. The molecule has 0 aliphatic heterocycles. The molecule has 1 aliphatic rings. The number of ether oxygens (including phenoxy) is 1. The van der Waals surface area contributed by atoms with Crippen molar-refractivity contribution in [3.8, 4) is 5.88 Å². The van der Waals surface area contributed by atoms with Crippen molar-refractivity contribution in [1.29, 1.82) is 0 Å². The van der Waals surface area contributed by atoms with E-state index in [0.29, 0.717) is 12.3 Å². The average molecular weight is 244 g/mol. The van der Waals surface area contributed by atoms with E-state index in [9.17, 15) is 8.78 Å². The maximum absolute atomic E-state index is 12.1. The van der Waals surface area contributed by atoms with Crippen molar-refractivity contribution < 1.29 is 13.5 Å². The molecule has 0 amide bonds. The molecule has 0 unspecified atom stereocenters. The summed E-state index contributed by atoms with van der Waals surface area (Å²) in [6.07, 6.45) is 4.08. The lowest BCUT2D eigenvalue weighted by Crippen LogP contribution is -2.08. The van der Waals surface area contributed by atoms with E-state index < -0.39 is 6.61 Å². The number of halogens is 2. The molecular formula is C12H18F2N2O. The van der Waals surface area contributed by atoms with Gasteiger partial charge in [-0.05, 0) is 19.3 Å². The van der Waals surface area contributed by atoms with Crippen LogP contribution in [0.3, 0.4) is 0 Å². The molecule has 1 fully saturated rings. The molecular weight excluding hydrogens is 226 g/mol. The normalized spacial score (nSPS) is 14.2. The maximum atomic E-state index is 12.1. The second kappa shape index (κ2) is 6.47. The number of nitrogens with zero attached hydrogens (tertiary/aromatic N) is 2. The van der Waals surface area contributed by atoms with Crippen LogP contribution in [0.4, 0.5) is 8.78 Å². The Labute approximate surface area is 100 Å². The highest BCUT2D eigenvalue weighted by Crippen LogP contribution is 2.42. The smallest absolute Gasteiger partial charge is 0.388 e. The van der Waals surface area contributed by atoms with E-state index in [1.54, 1.807) is 0 Å². The van der Waals surface area contributed by atoms with Crippen LogP contribution < -0.4 is 4.74 Å². The summed E-state index contributed by atoms with van der Waals surface area (Å²) in [4.78, 5) is 7.89. The van der Waals surface area contributed by atoms with E-state index in [2.05, 4.69) is 14.7 Å². The molecule has 0 radical (unpaired) electrons. The first-order chi connectivity index (χ1) is 8.22. The molecule has 1 heterocycles. The highest BCUT2D eigenvalue weighted by Gasteiger charge is 2.29. The molecule has 96 valence electrons. The lowest BCUT2D eigenvalue weighted by Gasteiger charge is -2.10. The van der Waals surface area contributed by atoms with Crippen LogP contribution in [0, 0.1) is 0 Å². The Morgan fingerprint density at radius 3 is 2.47 bits per heavy atom. The summed E-state index contributed by atoms with van der Waals surface area (Å²) in [7, 11) is 0. The maximum Gasteiger partial charge on any atom is 0.388 e. The van der Waals surface area contributed by atoms with Crippen LogP contribution in [-0.2, 0) is 6.42 Å². The Bertz CT molecular complexity index is 354. The second-order valence-electron chi connectivity index (χ2n) is 3.55. The predicted octanol–water partition coefficient (Wildman–Crippen LogP) is 3.54. The van der Waals surface area contributed by atoms with Gasteiger partial charge in [0.25, 0.3) is 0 Å². The molecule has 3 nitrogen and oxygen atoms in total. The van der Waals surface area contributed by atoms with Gasteiger partial charge in [-0.2, -0.15) is 8.78 Å². The number of aromatic nitrogens is 2. The molecule has 0 bridgehead atoms. The van der Waals surface area contributed by atoms with Gasteiger partial charge in [-0.15, -0.1) is 0 Å². The van der Waals surface area contributed by atoms with Crippen molar-refractivity contribution in [3.05, 3.63) is 17.6 Å². The fourth-order valence-corrected chi connectivity index (χ4v) is 1.64. The van der Waals surface area contributed by atoms with Gasteiger partial charge in [-0.1, -0.05) is 20.8 Å². The molecule has 0 N–H and O–H groups in total. The zero-order valence-corrected chi connectivity index (χ0v) is 10.4. The lowest BCUT2D eigenvalue weighted by atomic mass is 10.1. The van der Waals surface area contributed by atoms with Gasteiger partial charge in [0, 0.05) is 11.5 Å². The minimum absolute atomic E-state index is 0.0319. The largest absolute Gasteiger partial charge is 0.417 e. The number of hydrogen-bond donors (Lipinski definition) is 0. The van der Waals surface area contributed by atoms with Crippen molar-refractivity contribution in [1.82, 2.24) is 9.97 Å². The van der Waals surface area contributed by atoms with Gasteiger partial charge in [-0.3, -0.25) is 0 Å². The minimum Gasteiger partial charge on any atom is -0.417 e. The second-order valence-corrected chi connectivity index (χ2v) is 3.55. The number of alkyl halides is 2. The zero-order chi connectivity index (χ0) is 12.8. The summed E-state index contributed by atoms with van der Waals surface area (Å²) in [5, 5.41) is 0. The highest BCUT2D eigenvalue weighted by atomic mass is 19.3. The fraction of sp³-hybridized carbons (Fsp3) is 0.667. The SMILES string of the molecule is CC.CCc1c(OC(F)F)ncnc1C1CC1. The van der Waals surface area contributed by atoms with Gasteiger partial charge in [0.2, 0.25) is 5.88 Å². The molecule has 2 rings (SSSR count). The van der Waals surface area contributed by atoms with E-state index >= 15 is 0 Å². The van der Waals surface area contributed by atoms with Gasteiger partial charge in [0.05, 0.1) is 5.69 Å². The van der Waals surface area contributed by atoms with E-state index in [4.69, 9.17) is 0 Å². The third kappa shape index (κ3) is 3.61. The van der Waals surface area contributed by atoms with Crippen LogP contribution in [0.2, 0.25) is 0 Å². The van der Waals surface area contributed by atoms with Crippen molar-refractivity contribution in [2.45, 2.75) is 52.6 Å². The Balaban J connectivity index is 0.000000686. The van der Waals surface area contributed by atoms with Gasteiger partial charge in [0.1, 0.15) is 6.33 Å². The van der Waals surface area contributed by atoms with E-state index in [1.807, 2.05) is 20.8 Å². The van der Waals surface area contributed by atoms with E-state index in [-0.39, 0.29) is 5.88 Å². The first-order valence-electron chi connectivity index (χ1n) is 6.01. The quantitative estimate of drug-likeness (QED) is 0.812. The molecule has 1 aromatic rings. The molecule has 1 aliphatic carbocycles. The van der Waals surface area contributed by atoms with E-state index in [1.165, 1.54) is 6.33 Å². The molecule has 1 saturated carbocycles. The Hall–Kier alpha value is -1.26. The molecule has 17 heavy (non-hydrogen) atoms. The lowest BCUT2D eigenvalue weighted by molar-refractivity contribution is -0.0536. The van der Waals surface area contributed by atoms with Crippen molar-refractivity contribution in [2.24, 2.45) is 0 Å². The Morgan fingerprint density at radius 1 is 1.35 bits per heavy atom. The molecule has 0 atom stereocenters. The van der Waals surface area contributed by atoms with Crippen LogP contribution in [0.15, 0.2) is 6.33 Å². The number of rotatable bonds is 4. The first-order valence-corrected chi connectivity index (χ1v) is 6.01. The van der Waals surface area contributed by atoms with Crippen LogP contribution in [0.5, 0.6) is 5.88 Å².